The molecule has 0 unspecified atom stereocenters. The summed E-state index contributed by atoms with van der Waals surface area (Å²) in [5, 5.41) is 0. The predicted octanol–water partition coefficient (Wildman–Crippen LogP) is 5.83. The van der Waals surface area contributed by atoms with E-state index in [0.29, 0.717) is 18.7 Å². The fourth-order valence-corrected chi connectivity index (χ4v) is 3.37. The van der Waals surface area contributed by atoms with Gasteiger partial charge >= 0.3 is 0 Å². The van der Waals surface area contributed by atoms with Crippen LogP contribution < -0.4 is 0 Å². The van der Waals surface area contributed by atoms with Gasteiger partial charge in [0, 0.05) is 12.1 Å². The van der Waals surface area contributed by atoms with E-state index in [9.17, 15) is 4.79 Å². The number of hydrogen-bond acceptors (Lipinski definition) is 2. The molecule has 0 N–H and O–H groups in total. The van der Waals surface area contributed by atoms with Crippen molar-refractivity contribution in [3.8, 4) is 11.1 Å². The van der Waals surface area contributed by atoms with Crippen molar-refractivity contribution in [3.05, 3.63) is 120 Å². The number of amides is 1. The van der Waals surface area contributed by atoms with Gasteiger partial charge in [0.05, 0.1) is 12.8 Å². The number of carbonyl (C=O) groups is 1. The maximum atomic E-state index is 13.2. The molecule has 144 valence electrons. The van der Waals surface area contributed by atoms with Crippen molar-refractivity contribution in [2.75, 3.05) is 6.54 Å². The first kappa shape index (κ1) is 18.8. The van der Waals surface area contributed by atoms with Gasteiger partial charge in [0.2, 0.25) is 0 Å². The third kappa shape index (κ3) is 4.82. The number of nitrogens with zero attached hydrogens (tertiary/aromatic N) is 1. The molecule has 1 heterocycles. The molecule has 0 spiro atoms. The number of benzene rings is 3. The van der Waals surface area contributed by atoms with E-state index < -0.39 is 0 Å². The fourth-order valence-electron chi connectivity index (χ4n) is 3.37. The predicted molar refractivity (Wildman–Crippen MR) is 115 cm³/mol. The van der Waals surface area contributed by atoms with Gasteiger partial charge in [0.25, 0.3) is 5.91 Å². The average Bonchev–Trinajstić information content (AvgIpc) is 3.31. The Morgan fingerprint density at radius 1 is 0.724 bits per heavy atom. The molecule has 0 atom stereocenters. The van der Waals surface area contributed by atoms with Crippen LogP contribution in [0.25, 0.3) is 11.1 Å². The van der Waals surface area contributed by atoms with Crippen molar-refractivity contribution in [1.82, 2.24) is 4.90 Å². The molecule has 0 radical (unpaired) electrons. The summed E-state index contributed by atoms with van der Waals surface area (Å²) in [4.78, 5) is 15.1. The third-order valence-electron chi connectivity index (χ3n) is 4.97. The van der Waals surface area contributed by atoms with Gasteiger partial charge in [0.15, 0.2) is 0 Å². The van der Waals surface area contributed by atoms with Crippen LogP contribution in [0.5, 0.6) is 0 Å². The van der Waals surface area contributed by atoms with Gasteiger partial charge in [-0.1, -0.05) is 72.8 Å². The van der Waals surface area contributed by atoms with E-state index in [1.54, 1.807) is 6.26 Å². The lowest BCUT2D eigenvalue weighted by molar-refractivity contribution is 0.0733. The van der Waals surface area contributed by atoms with Crippen LogP contribution in [0, 0.1) is 0 Å². The zero-order valence-electron chi connectivity index (χ0n) is 16.2. The van der Waals surface area contributed by atoms with Crippen LogP contribution in [-0.4, -0.2) is 17.4 Å². The normalized spacial score (nSPS) is 10.6. The van der Waals surface area contributed by atoms with Gasteiger partial charge in [-0.25, -0.2) is 0 Å². The SMILES string of the molecule is O=C(c1ccc(-c2ccccc2)cc1)N(CCc1ccccc1)Cc1ccco1. The summed E-state index contributed by atoms with van der Waals surface area (Å²) < 4.78 is 5.49. The van der Waals surface area contributed by atoms with Gasteiger partial charge in [-0.15, -0.1) is 0 Å². The third-order valence-corrected chi connectivity index (χ3v) is 4.97. The number of furan rings is 1. The summed E-state index contributed by atoms with van der Waals surface area (Å²) in [6.07, 6.45) is 2.44. The smallest absolute Gasteiger partial charge is 0.254 e. The zero-order chi connectivity index (χ0) is 19.9. The molecule has 0 aliphatic carbocycles. The summed E-state index contributed by atoms with van der Waals surface area (Å²) in [6.45, 7) is 1.09. The topological polar surface area (TPSA) is 33.5 Å². The Morgan fingerprint density at radius 2 is 1.38 bits per heavy atom. The molecule has 4 rings (SSSR count). The van der Waals surface area contributed by atoms with Crippen LogP contribution >= 0.6 is 0 Å². The van der Waals surface area contributed by atoms with E-state index in [4.69, 9.17) is 4.42 Å². The quantitative estimate of drug-likeness (QED) is 0.403. The Balaban J connectivity index is 1.52. The molecule has 0 saturated heterocycles. The average molecular weight is 381 g/mol. The highest BCUT2D eigenvalue weighted by Gasteiger charge is 2.17. The van der Waals surface area contributed by atoms with Gasteiger partial charge in [-0.3, -0.25) is 4.79 Å². The van der Waals surface area contributed by atoms with Crippen LogP contribution in [0.15, 0.2) is 108 Å². The lowest BCUT2D eigenvalue weighted by Gasteiger charge is -2.22. The summed E-state index contributed by atoms with van der Waals surface area (Å²) in [5.41, 5.74) is 4.14. The van der Waals surface area contributed by atoms with Crippen LogP contribution in [0.2, 0.25) is 0 Å². The van der Waals surface area contributed by atoms with Crippen molar-refractivity contribution in [3.63, 3.8) is 0 Å². The van der Waals surface area contributed by atoms with E-state index in [2.05, 4.69) is 24.3 Å². The minimum Gasteiger partial charge on any atom is -0.467 e. The van der Waals surface area contributed by atoms with Gasteiger partial charge < -0.3 is 9.32 Å². The Labute approximate surface area is 171 Å². The molecule has 0 bridgehead atoms. The molecule has 0 aliphatic rings. The molecule has 1 amide bonds. The largest absolute Gasteiger partial charge is 0.467 e. The first-order chi connectivity index (χ1) is 14.3. The van der Waals surface area contributed by atoms with Crippen LogP contribution in [-0.2, 0) is 13.0 Å². The minimum absolute atomic E-state index is 0.0111. The summed E-state index contributed by atoms with van der Waals surface area (Å²) >= 11 is 0. The van der Waals surface area contributed by atoms with Gasteiger partial charge in [-0.05, 0) is 47.4 Å². The van der Waals surface area contributed by atoms with Gasteiger partial charge in [-0.2, -0.15) is 0 Å². The van der Waals surface area contributed by atoms with E-state index in [1.165, 1.54) is 5.56 Å². The van der Waals surface area contributed by atoms with E-state index >= 15 is 0 Å². The fraction of sp³-hybridized carbons (Fsp3) is 0.115. The highest BCUT2D eigenvalue weighted by atomic mass is 16.3. The lowest BCUT2D eigenvalue weighted by Crippen LogP contribution is -2.32. The molecule has 1 aromatic heterocycles. The summed E-state index contributed by atoms with van der Waals surface area (Å²) in [7, 11) is 0. The minimum atomic E-state index is 0.0111. The Kier molecular flexibility index (Phi) is 5.87. The van der Waals surface area contributed by atoms with Crippen molar-refractivity contribution < 1.29 is 9.21 Å². The van der Waals surface area contributed by atoms with E-state index in [0.717, 1.165) is 23.3 Å². The molecule has 0 fully saturated rings. The molecule has 3 nitrogen and oxygen atoms in total. The molecule has 3 aromatic carbocycles. The van der Waals surface area contributed by atoms with E-state index in [-0.39, 0.29) is 5.91 Å². The highest BCUT2D eigenvalue weighted by molar-refractivity contribution is 5.94. The summed E-state index contributed by atoms with van der Waals surface area (Å²) in [5.74, 6) is 0.796. The molecule has 4 aromatic rings. The van der Waals surface area contributed by atoms with E-state index in [1.807, 2.05) is 77.7 Å². The Bertz CT molecular complexity index is 1020. The first-order valence-electron chi connectivity index (χ1n) is 9.81. The number of carbonyl (C=O) groups excluding carboxylic acids is 1. The standard InChI is InChI=1S/C26H23NO2/c28-26(24-15-13-23(14-16-24)22-10-5-2-6-11-22)27(20-25-12-7-19-29-25)18-17-21-8-3-1-4-9-21/h1-16,19H,17-18,20H2. The molecular weight excluding hydrogens is 358 g/mol. The van der Waals surface area contributed by atoms with Crippen LogP contribution in [0.3, 0.4) is 0 Å². The first-order valence-corrected chi connectivity index (χ1v) is 9.81. The molecule has 0 aliphatic heterocycles. The number of hydrogen-bond donors (Lipinski definition) is 0. The van der Waals surface area contributed by atoms with Crippen molar-refractivity contribution >= 4 is 5.91 Å². The second kappa shape index (κ2) is 9.07. The maximum Gasteiger partial charge on any atom is 0.254 e. The maximum absolute atomic E-state index is 13.2. The molecule has 3 heteroatoms. The molecular formula is C26H23NO2. The van der Waals surface area contributed by atoms with Crippen molar-refractivity contribution in [2.45, 2.75) is 13.0 Å². The highest BCUT2D eigenvalue weighted by Crippen LogP contribution is 2.20. The second-order valence-electron chi connectivity index (χ2n) is 6.99. The van der Waals surface area contributed by atoms with Gasteiger partial charge in [0.1, 0.15) is 5.76 Å². The molecule has 29 heavy (non-hydrogen) atoms. The van der Waals surface area contributed by atoms with Crippen molar-refractivity contribution in [1.29, 1.82) is 0 Å². The van der Waals surface area contributed by atoms with Crippen LogP contribution in [0.1, 0.15) is 21.7 Å². The lowest BCUT2D eigenvalue weighted by atomic mass is 10.0. The van der Waals surface area contributed by atoms with Crippen LogP contribution in [0.4, 0.5) is 0 Å². The second-order valence-corrected chi connectivity index (χ2v) is 6.99. The summed E-state index contributed by atoms with van der Waals surface area (Å²) in [6, 6.07) is 32.0. The Hall–Kier alpha value is -3.59. The Morgan fingerprint density at radius 3 is 2.03 bits per heavy atom. The monoisotopic (exact) mass is 381 g/mol. The molecule has 0 saturated carbocycles. The zero-order valence-corrected chi connectivity index (χ0v) is 16.2. The van der Waals surface area contributed by atoms with Crippen molar-refractivity contribution in [2.24, 2.45) is 0 Å². The number of rotatable bonds is 7.